The van der Waals surface area contributed by atoms with Gasteiger partial charge >= 0.3 is 0 Å². The Morgan fingerprint density at radius 2 is 2.05 bits per heavy atom. The summed E-state index contributed by atoms with van der Waals surface area (Å²) in [7, 11) is 0. The van der Waals surface area contributed by atoms with Gasteiger partial charge in [0, 0.05) is 24.7 Å². The summed E-state index contributed by atoms with van der Waals surface area (Å²) in [5.41, 5.74) is 4.25. The van der Waals surface area contributed by atoms with Crippen LogP contribution in [-0.4, -0.2) is 30.6 Å². The van der Waals surface area contributed by atoms with E-state index < -0.39 is 0 Å². The number of nitrogens with one attached hydrogen (secondary N) is 1. The summed E-state index contributed by atoms with van der Waals surface area (Å²) in [6.07, 6.45) is 2.31. The number of likely N-dealkylation sites (N-methyl/N-ethyl adjacent to an activating group) is 1. The van der Waals surface area contributed by atoms with Gasteiger partial charge in [0.05, 0.1) is 6.61 Å². The van der Waals surface area contributed by atoms with Gasteiger partial charge in [0.25, 0.3) is 0 Å². The van der Waals surface area contributed by atoms with Crippen LogP contribution in [-0.2, 0) is 19.5 Å². The van der Waals surface area contributed by atoms with Crippen molar-refractivity contribution < 1.29 is 4.74 Å². The van der Waals surface area contributed by atoms with Crippen LogP contribution in [0.3, 0.4) is 0 Å². The minimum Gasteiger partial charge on any atom is -0.494 e. The largest absolute Gasteiger partial charge is 0.494 e. The SMILES string of the molecule is CCCNCc1cc2c(cc1OCC)CN(CC)C(C)C2. The van der Waals surface area contributed by atoms with Crippen molar-refractivity contribution in [2.75, 3.05) is 19.7 Å². The molecule has 21 heavy (non-hydrogen) atoms. The summed E-state index contributed by atoms with van der Waals surface area (Å²) < 4.78 is 5.87. The van der Waals surface area contributed by atoms with Crippen molar-refractivity contribution in [3.05, 3.63) is 28.8 Å². The Kier molecular flexibility index (Phi) is 6.07. The molecule has 2 rings (SSSR count). The molecule has 0 aliphatic carbocycles. The quantitative estimate of drug-likeness (QED) is 0.779. The van der Waals surface area contributed by atoms with Gasteiger partial charge in [-0.2, -0.15) is 0 Å². The molecule has 1 aliphatic heterocycles. The average molecular weight is 290 g/mol. The maximum atomic E-state index is 5.87. The molecule has 0 radical (unpaired) electrons. The number of hydrogen-bond acceptors (Lipinski definition) is 3. The molecule has 3 heteroatoms. The number of nitrogens with zero attached hydrogens (tertiary/aromatic N) is 1. The third kappa shape index (κ3) is 3.98. The van der Waals surface area contributed by atoms with Crippen LogP contribution in [0, 0.1) is 0 Å². The zero-order chi connectivity index (χ0) is 15.2. The third-order valence-electron chi connectivity index (χ3n) is 4.34. The van der Waals surface area contributed by atoms with Crippen molar-refractivity contribution in [1.29, 1.82) is 0 Å². The molecule has 1 atom stereocenters. The highest BCUT2D eigenvalue weighted by molar-refractivity contribution is 5.44. The molecule has 0 amide bonds. The Hall–Kier alpha value is -1.06. The van der Waals surface area contributed by atoms with Gasteiger partial charge in [0.15, 0.2) is 0 Å². The first kappa shape index (κ1) is 16.3. The lowest BCUT2D eigenvalue weighted by Crippen LogP contribution is -2.38. The number of fused-ring (bicyclic) bond motifs is 1. The molecule has 118 valence electrons. The fraction of sp³-hybridized carbons (Fsp3) is 0.667. The molecular formula is C18H30N2O. The van der Waals surface area contributed by atoms with E-state index in [9.17, 15) is 0 Å². The first-order chi connectivity index (χ1) is 10.2. The van der Waals surface area contributed by atoms with E-state index in [-0.39, 0.29) is 0 Å². The molecular weight excluding hydrogens is 260 g/mol. The van der Waals surface area contributed by atoms with Gasteiger partial charge in [-0.1, -0.05) is 19.9 Å². The lowest BCUT2D eigenvalue weighted by molar-refractivity contribution is 0.194. The Morgan fingerprint density at radius 1 is 1.24 bits per heavy atom. The number of ether oxygens (including phenoxy) is 1. The molecule has 0 saturated heterocycles. The highest BCUT2D eigenvalue weighted by Gasteiger charge is 2.23. The Labute approximate surface area is 129 Å². The molecule has 0 aromatic heterocycles. The van der Waals surface area contributed by atoms with Gasteiger partial charge < -0.3 is 10.1 Å². The van der Waals surface area contributed by atoms with Gasteiger partial charge in [-0.25, -0.2) is 0 Å². The fourth-order valence-corrected chi connectivity index (χ4v) is 3.13. The monoisotopic (exact) mass is 290 g/mol. The summed E-state index contributed by atoms with van der Waals surface area (Å²) >= 11 is 0. The van der Waals surface area contributed by atoms with Crippen molar-refractivity contribution in [2.24, 2.45) is 0 Å². The minimum atomic E-state index is 0.636. The maximum Gasteiger partial charge on any atom is 0.124 e. The van der Waals surface area contributed by atoms with Crippen LogP contribution in [0.2, 0.25) is 0 Å². The molecule has 1 aromatic rings. The molecule has 1 aliphatic rings. The lowest BCUT2D eigenvalue weighted by Gasteiger charge is -2.34. The van der Waals surface area contributed by atoms with E-state index in [4.69, 9.17) is 4.74 Å². The minimum absolute atomic E-state index is 0.636. The average Bonchev–Trinajstić information content (AvgIpc) is 2.48. The van der Waals surface area contributed by atoms with Crippen molar-refractivity contribution in [3.8, 4) is 5.75 Å². The van der Waals surface area contributed by atoms with Crippen LogP contribution in [0.4, 0.5) is 0 Å². The van der Waals surface area contributed by atoms with Crippen LogP contribution in [0.25, 0.3) is 0 Å². The van der Waals surface area contributed by atoms with Crippen molar-refractivity contribution >= 4 is 0 Å². The zero-order valence-electron chi connectivity index (χ0n) is 14.0. The second-order valence-corrected chi connectivity index (χ2v) is 5.95. The summed E-state index contributed by atoms with van der Waals surface area (Å²) in [6, 6.07) is 5.28. The lowest BCUT2D eigenvalue weighted by atomic mass is 9.92. The van der Waals surface area contributed by atoms with Crippen molar-refractivity contribution in [2.45, 2.75) is 59.7 Å². The fourth-order valence-electron chi connectivity index (χ4n) is 3.13. The topological polar surface area (TPSA) is 24.5 Å². The Morgan fingerprint density at radius 3 is 2.71 bits per heavy atom. The number of rotatable bonds is 7. The first-order valence-corrected chi connectivity index (χ1v) is 8.41. The van der Waals surface area contributed by atoms with Crippen LogP contribution in [0.5, 0.6) is 5.75 Å². The molecule has 1 heterocycles. The van der Waals surface area contributed by atoms with Crippen LogP contribution < -0.4 is 10.1 Å². The standard InChI is InChI=1S/C18H30N2O/c1-5-8-19-12-16-10-15-9-14(4)20(6-2)13-17(15)11-18(16)21-7-3/h10-11,14,19H,5-9,12-13H2,1-4H3. The second-order valence-electron chi connectivity index (χ2n) is 5.95. The van der Waals surface area contributed by atoms with E-state index in [2.05, 4.69) is 50.0 Å². The number of benzene rings is 1. The normalized spacial score (nSPS) is 18.6. The number of hydrogen-bond donors (Lipinski definition) is 1. The van der Waals surface area contributed by atoms with Gasteiger partial charge in [0.1, 0.15) is 5.75 Å². The van der Waals surface area contributed by atoms with Crippen molar-refractivity contribution in [1.82, 2.24) is 10.2 Å². The predicted molar refractivity (Wildman–Crippen MR) is 88.9 cm³/mol. The van der Waals surface area contributed by atoms with Gasteiger partial charge in [-0.05, 0) is 57.0 Å². The highest BCUT2D eigenvalue weighted by atomic mass is 16.5. The molecule has 1 unspecified atom stereocenters. The van der Waals surface area contributed by atoms with E-state index in [1.54, 1.807) is 0 Å². The molecule has 1 N–H and O–H groups in total. The summed E-state index contributed by atoms with van der Waals surface area (Å²) in [5, 5.41) is 3.50. The van der Waals surface area contributed by atoms with E-state index in [0.29, 0.717) is 6.04 Å². The third-order valence-corrected chi connectivity index (χ3v) is 4.34. The van der Waals surface area contributed by atoms with Crippen molar-refractivity contribution in [3.63, 3.8) is 0 Å². The van der Waals surface area contributed by atoms with Crippen LogP contribution >= 0.6 is 0 Å². The Bertz CT molecular complexity index is 459. The van der Waals surface area contributed by atoms with E-state index in [0.717, 1.165) is 51.4 Å². The molecule has 0 bridgehead atoms. The molecule has 1 aromatic carbocycles. The Balaban J connectivity index is 2.23. The smallest absolute Gasteiger partial charge is 0.124 e. The van der Waals surface area contributed by atoms with Crippen LogP contribution in [0.15, 0.2) is 12.1 Å². The second kappa shape index (κ2) is 7.81. The zero-order valence-corrected chi connectivity index (χ0v) is 14.0. The molecule has 0 fully saturated rings. The van der Waals surface area contributed by atoms with Crippen LogP contribution in [0.1, 0.15) is 50.8 Å². The predicted octanol–water partition coefficient (Wildman–Crippen LogP) is 3.35. The van der Waals surface area contributed by atoms with Gasteiger partial charge in [0.2, 0.25) is 0 Å². The summed E-state index contributed by atoms with van der Waals surface area (Å²) in [6.45, 7) is 13.7. The molecule has 0 spiro atoms. The summed E-state index contributed by atoms with van der Waals surface area (Å²) in [4.78, 5) is 2.53. The van der Waals surface area contributed by atoms with Gasteiger partial charge in [-0.3, -0.25) is 4.90 Å². The molecule has 0 saturated carbocycles. The summed E-state index contributed by atoms with van der Waals surface area (Å²) in [5.74, 6) is 1.06. The molecule has 3 nitrogen and oxygen atoms in total. The van der Waals surface area contributed by atoms with E-state index in [1.807, 2.05) is 0 Å². The van der Waals surface area contributed by atoms with Gasteiger partial charge in [-0.15, -0.1) is 0 Å². The van der Waals surface area contributed by atoms with E-state index in [1.165, 1.54) is 16.7 Å². The first-order valence-electron chi connectivity index (χ1n) is 8.41. The van der Waals surface area contributed by atoms with E-state index >= 15 is 0 Å². The highest BCUT2D eigenvalue weighted by Crippen LogP contribution is 2.30. The maximum absolute atomic E-state index is 5.87.